The van der Waals surface area contributed by atoms with E-state index in [9.17, 15) is 13.6 Å². The second-order valence-electron chi connectivity index (χ2n) is 5.11. The number of carbonyl (C=O) groups excluding carboxylic acids is 1. The fraction of sp³-hybridized carbons (Fsp3) is 0.118. The first kappa shape index (κ1) is 16.6. The van der Waals surface area contributed by atoms with Gasteiger partial charge in [0.2, 0.25) is 0 Å². The topological polar surface area (TPSA) is 69.0 Å². The molecular formula is C17H14F2N4O2. The molecule has 0 aliphatic rings. The molecule has 0 bridgehead atoms. The van der Waals surface area contributed by atoms with Crippen LogP contribution in [0.2, 0.25) is 0 Å². The van der Waals surface area contributed by atoms with Crippen LogP contribution in [0.25, 0.3) is 0 Å². The van der Waals surface area contributed by atoms with Crippen LogP contribution >= 0.6 is 0 Å². The minimum Gasteiger partial charge on any atom is -0.492 e. The van der Waals surface area contributed by atoms with Crippen LogP contribution in [0.3, 0.4) is 0 Å². The number of ether oxygens (including phenoxy) is 1. The van der Waals surface area contributed by atoms with Gasteiger partial charge in [-0.1, -0.05) is 6.07 Å². The van der Waals surface area contributed by atoms with E-state index in [1.165, 1.54) is 6.33 Å². The Morgan fingerprint density at radius 3 is 2.84 bits per heavy atom. The van der Waals surface area contributed by atoms with E-state index in [4.69, 9.17) is 4.74 Å². The van der Waals surface area contributed by atoms with Crippen LogP contribution in [-0.2, 0) is 6.54 Å². The van der Waals surface area contributed by atoms with Crippen molar-refractivity contribution in [3.05, 3.63) is 72.3 Å². The van der Waals surface area contributed by atoms with Crippen LogP contribution in [0, 0.1) is 11.6 Å². The molecule has 0 aliphatic carbocycles. The largest absolute Gasteiger partial charge is 0.492 e. The zero-order chi connectivity index (χ0) is 17.6. The van der Waals surface area contributed by atoms with Gasteiger partial charge in [0, 0.05) is 17.8 Å². The van der Waals surface area contributed by atoms with Crippen molar-refractivity contribution in [2.45, 2.75) is 6.54 Å². The maximum absolute atomic E-state index is 13.6. The van der Waals surface area contributed by atoms with E-state index in [0.29, 0.717) is 30.7 Å². The smallest absolute Gasteiger partial charge is 0.258 e. The monoisotopic (exact) mass is 344 g/mol. The van der Waals surface area contributed by atoms with E-state index in [1.54, 1.807) is 35.3 Å². The molecule has 0 fully saturated rings. The Kier molecular flexibility index (Phi) is 4.98. The maximum atomic E-state index is 13.6. The number of carbonyl (C=O) groups is 1. The van der Waals surface area contributed by atoms with Gasteiger partial charge >= 0.3 is 0 Å². The summed E-state index contributed by atoms with van der Waals surface area (Å²) in [6.07, 6.45) is 3.02. The fourth-order valence-electron chi connectivity index (χ4n) is 2.14. The number of nitrogens with one attached hydrogen (secondary N) is 1. The molecule has 0 aliphatic heterocycles. The standard InChI is InChI=1S/C17H14F2N4O2/c18-12-4-5-15(16(19)8-12)17(24)22-13-2-1-3-14(9-13)25-7-6-23-11-20-10-21-23/h1-5,8-11H,6-7H2,(H,22,24). The number of benzene rings is 2. The lowest BCUT2D eigenvalue weighted by atomic mass is 10.2. The highest BCUT2D eigenvalue weighted by atomic mass is 19.1. The van der Waals surface area contributed by atoms with Crippen molar-refractivity contribution in [3.8, 4) is 5.75 Å². The molecule has 0 saturated carbocycles. The summed E-state index contributed by atoms with van der Waals surface area (Å²) in [6.45, 7) is 0.894. The first-order valence-corrected chi connectivity index (χ1v) is 7.43. The molecule has 1 heterocycles. The molecule has 8 heteroatoms. The average Bonchev–Trinajstić information content (AvgIpc) is 3.08. The van der Waals surface area contributed by atoms with Gasteiger partial charge in [0.25, 0.3) is 5.91 Å². The van der Waals surface area contributed by atoms with E-state index < -0.39 is 17.5 Å². The molecule has 3 aromatic rings. The predicted octanol–water partition coefficient (Wildman–Crippen LogP) is 2.89. The van der Waals surface area contributed by atoms with Crippen LogP contribution in [-0.4, -0.2) is 27.3 Å². The number of halogens is 2. The SMILES string of the molecule is O=C(Nc1cccc(OCCn2cncn2)c1)c1ccc(F)cc1F. The highest BCUT2D eigenvalue weighted by Crippen LogP contribution is 2.19. The fourth-order valence-corrected chi connectivity index (χ4v) is 2.14. The molecule has 2 aromatic carbocycles. The molecule has 1 aromatic heterocycles. The van der Waals surface area contributed by atoms with Crippen molar-refractivity contribution in [2.75, 3.05) is 11.9 Å². The Morgan fingerprint density at radius 2 is 2.08 bits per heavy atom. The summed E-state index contributed by atoms with van der Waals surface area (Å²) in [6, 6.07) is 9.47. The Hall–Kier alpha value is -3.29. The van der Waals surface area contributed by atoms with Crippen molar-refractivity contribution in [1.29, 1.82) is 0 Å². The second-order valence-corrected chi connectivity index (χ2v) is 5.11. The lowest BCUT2D eigenvalue weighted by Gasteiger charge is -2.09. The molecule has 0 atom stereocenters. The first-order chi connectivity index (χ1) is 12.1. The third-order valence-corrected chi connectivity index (χ3v) is 3.32. The van der Waals surface area contributed by atoms with E-state index >= 15 is 0 Å². The number of nitrogens with zero attached hydrogens (tertiary/aromatic N) is 3. The lowest BCUT2D eigenvalue weighted by Crippen LogP contribution is -2.14. The summed E-state index contributed by atoms with van der Waals surface area (Å²) in [5, 5.41) is 6.51. The van der Waals surface area contributed by atoms with E-state index in [2.05, 4.69) is 15.4 Å². The van der Waals surface area contributed by atoms with Crippen LogP contribution in [0.1, 0.15) is 10.4 Å². The molecule has 25 heavy (non-hydrogen) atoms. The summed E-state index contributed by atoms with van der Waals surface area (Å²) < 4.78 is 33.8. The van der Waals surface area contributed by atoms with Gasteiger partial charge in [-0.05, 0) is 24.3 Å². The summed E-state index contributed by atoms with van der Waals surface area (Å²) >= 11 is 0. The van der Waals surface area contributed by atoms with E-state index in [0.717, 1.165) is 12.1 Å². The van der Waals surface area contributed by atoms with Gasteiger partial charge in [0.1, 0.15) is 36.6 Å². The highest BCUT2D eigenvalue weighted by Gasteiger charge is 2.13. The van der Waals surface area contributed by atoms with Crippen molar-refractivity contribution < 1.29 is 18.3 Å². The van der Waals surface area contributed by atoms with Gasteiger partial charge in [0.05, 0.1) is 12.1 Å². The molecule has 1 amide bonds. The van der Waals surface area contributed by atoms with Crippen molar-refractivity contribution in [3.63, 3.8) is 0 Å². The van der Waals surface area contributed by atoms with Gasteiger partial charge < -0.3 is 10.1 Å². The molecule has 128 valence electrons. The number of hydrogen-bond acceptors (Lipinski definition) is 4. The average molecular weight is 344 g/mol. The van der Waals surface area contributed by atoms with Crippen molar-refractivity contribution in [2.24, 2.45) is 0 Å². The third kappa shape index (κ3) is 4.37. The Balaban J connectivity index is 1.61. The number of aromatic nitrogens is 3. The van der Waals surface area contributed by atoms with Gasteiger partial charge in [0.15, 0.2) is 0 Å². The zero-order valence-corrected chi connectivity index (χ0v) is 13.0. The molecule has 0 spiro atoms. The second kappa shape index (κ2) is 7.52. The van der Waals surface area contributed by atoms with Crippen LogP contribution in [0.15, 0.2) is 55.1 Å². The lowest BCUT2D eigenvalue weighted by molar-refractivity contribution is 0.102. The minimum absolute atomic E-state index is 0.237. The summed E-state index contributed by atoms with van der Waals surface area (Å²) in [4.78, 5) is 15.9. The van der Waals surface area contributed by atoms with Crippen LogP contribution in [0.4, 0.5) is 14.5 Å². The Labute approximate surface area is 142 Å². The van der Waals surface area contributed by atoms with Gasteiger partial charge in [-0.15, -0.1) is 0 Å². The first-order valence-electron chi connectivity index (χ1n) is 7.43. The normalized spacial score (nSPS) is 10.5. The molecule has 0 radical (unpaired) electrons. The van der Waals surface area contributed by atoms with Gasteiger partial charge in [-0.3, -0.25) is 4.79 Å². The minimum atomic E-state index is -0.919. The molecule has 3 rings (SSSR count). The summed E-state index contributed by atoms with van der Waals surface area (Å²) in [7, 11) is 0. The van der Waals surface area contributed by atoms with Crippen LogP contribution in [0.5, 0.6) is 5.75 Å². The summed E-state index contributed by atoms with van der Waals surface area (Å²) in [5.41, 5.74) is 0.200. The quantitative estimate of drug-likeness (QED) is 0.746. The third-order valence-electron chi connectivity index (χ3n) is 3.32. The number of amides is 1. The summed E-state index contributed by atoms with van der Waals surface area (Å²) in [5.74, 6) is -1.79. The number of anilines is 1. The van der Waals surface area contributed by atoms with E-state index in [-0.39, 0.29) is 5.56 Å². The van der Waals surface area contributed by atoms with Crippen molar-refractivity contribution in [1.82, 2.24) is 14.8 Å². The number of hydrogen-bond donors (Lipinski definition) is 1. The van der Waals surface area contributed by atoms with E-state index in [1.807, 2.05) is 0 Å². The predicted molar refractivity (Wildman–Crippen MR) is 86.3 cm³/mol. The van der Waals surface area contributed by atoms with Gasteiger partial charge in [-0.25, -0.2) is 18.4 Å². The van der Waals surface area contributed by atoms with Crippen LogP contribution < -0.4 is 10.1 Å². The highest BCUT2D eigenvalue weighted by molar-refractivity contribution is 6.04. The molecular weight excluding hydrogens is 330 g/mol. The molecule has 0 unspecified atom stereocenters. The molecule has 0 saturated heterocycles. The molecule has 1 N–H and O–H groups in total. The van der Waals surface area contributed by atoms with Crippen molar-refractivity contribution >= 4 is 11.6 Å². The maximum Gasteiger partial charge on any atom is 0.258 e. The zero-order valence-electron chi connectivity index (χ0n) is 13.0. The Morgan fingerprint density at radius 1 is 1.20 bits per heavy atom. The van der Waals surface area contributed by atoms with Gasteiger partial charge in [-0.2, -0.15) is 5.10 Å². The molecule has 6 nitrogen and oxygen atoms in total. The Bertz CT molecular complexity index is 869. The number of rotatable bonds is 6.